The van der Waals surface area contributed by atoms with Gasteiger partial charge in [-0.2, -0.15) is 12.7 Å². The number of halogens is 3. The van der Waals surface area contributed by atoms with Crippen LogP contribution in [0.5, 0.6) is 0 Å². The summed E-state index contributed by atoms with van der Waals surface area (Å²) in [5.41, 5.74) is 0.462. The highest BCUT2D eigenvalue weighted by Gasteiger charge is 2.29. The fourth-order valence-corrected chi connectivity index (χ4v) is 6.33. The van der Waals surface area contributed by atoms with Gasteiger partial charge < -0.3 is 5.11 Å². The number of benzene rings is 1. The van der Waals surface area contributed by atoms with E-state index in [0.717, 1.165) is 17.3 Å². The largest absolute Gasteiger partial charge is 0.396 e. The van der Waals surface area contributed by atoms with Gasteiger partial charge >= 0.3 is 10.2 Å². The Morgan fingerprint density at radius 2 is 1.90 bits per heavy atom. The lowest BCUT2D eigenvalue weighted by Crippen LogP contribution is -2.43. The molecule has 2 N–H and O–H groups in total. The molecule has 0 spiro atoms. The molecule has 1 aromatic rings. The van der Waals surface area contributed by atoms with Crippen LogP contribution in [0, 0.1) is 5.92 Å². The van der Waals surface area contributed by atoms with Gasteiger partial charge in [-0.1, -0.05) is 15.9 Å². The number of rotatable bonds is 4. The van der Waals surface area contributed by atoms with Crippen LogP contribution in [0.4, 0.5) is 5.69 Å². The molecule has 1 aliphatic rings. The number of hydrogen-bond donors (Lipinski definition) is 2. The van der Waals surface area contributed by atoms with E-state index in [-0.39, 0.29) is 12.5 Å². The van der Waals surface area contributed by atoms with Crippen LogP contribution in [-0.4, -0.2) is 37.5 Å². The molecule has 21 heavy (non-hydrogen) atoms. The predicted octanol–water partition coefficient (Wildman–Crippen LogP) is 3.34. The maximum absolute atomic E-state index is 12.5. The Morgan fingerprint density at radius 1 is 1.29 bits per heavy atom. The van der Waals surface area contributed by atoms with Crippen molar-refractivity contribution in [2.24, 2.45) is 5.92 Å². The second-order valence-electron chi connectivity index (χ2n) is 4.90. The van der Waals surface area contributed by atoms with Crippen LogP contribution >= 0.6 is 47.8 Å². The Morgan fingerprint density at radius 3 is 2.48 bits per heavy atom. The van der Waals surface area contributed by atoms with Crippen molar-refractivity contribution < 1.29 is 13.5 Å². The summed E-state index contributed by atoms with van der Waals surface area (Å²) >= 11 is 10.1. The van der Waals surface area contributed by atoms with Crippen molar-refractivity contribution in [3.63, 3.8) is 0 Å². The van der Waals surface area contributed by atoms with Crippen molar-refractivity contribution in [3.05, 3.63) is 25.6 Å². The fourth-order valence-electron chi connectivity index (χ4n) is 2.23. The van der Waals surface area contributed by atoms with Crippen LogP contribution in [0.3, 0.4) is 0 Å². The first-order valence-corrected chi connectivity index (χ1v) is 10.2. The molecule has 1 heterocycles. The Balaban J connectivity index is 2.22. The summed E-state index contributed by atoms with van der Waals surface area (Å²) in [6.07, 6.45) is 1.61. The molecular weight excluding hydrogens is 492 g/mol. The van der Waals surface area contributed by atoms with Gasteiger partial charge in [0.05, 0.1) is 5.69 Å². The maximum Gasteiger partial charge on any atom is 0.301 e. The molecule has 0 saturated carbocycles. The molecule has 2 rings (SSSR count). The van der Waals surface area contributed by atoms with Crippen LogP contribution in [0.15, 0.2) is 25.6 Å². The minimum Gasteiger partial charge on any atom is -0.396 e. The monoisotopic (exact) mass is 504 g/mol. The minimum atomic E-state index is -3.64. The van der Waals surface area contributed by atoms with Crippen molar-refractivity contribution >= 4 is 63.7 Å². The van der Waals surface area contributed by atoms with Crippen LogP contribution < -0.4 is 4.72 Å². The highest BCUT2D eigenvalue weighted by Crippen LogP contribution is 2.35. The molecule has 1 aliphatic heterocycles. The van der Waals surface area contributed by atoms with E-state index in [1.165, 1.54) is 4.31 Å². The SMILES string of the molecule is O=S(=O)(Nc1c(Br)cc(Br)cc1Br)N1CCCC(CO)C1. The third-order valence-corrected chi connectivity index (χ3v) is 6.50. The number of nitrogens with one attached hydrogen (secondary N) is 1. The van der Waals surface area contributed by atoms with Gasteiger partial charge in [-0.3, -0.25) is 4.72 Å². The minimum absolute atomic E-state index is 0.00660. The fraction of sp³-hybridized carbons (Fsp3) is 0.500. The number of nitrogens with zero attached hydrogens (tertiary/aromatic N) is 1. The van der Waals surface area contributed by atoms with E-state index in [1.54, 1.807) is 12.1 Å². The molecule has 0 radical (unpaired) electrons. The maximum atomic E-state index is 12.5. The number of hydrogen-bond acceptors (Lipinski definition) is 3. The van der Waals surface area contributed by atoms with Gasteiger partial charge in [0.1, 0.15) is 0 Å². The average molecular weight is 507 g/mol. The van der Waals surface area contributed by atoms with E-state index in [9.17, 15) is 13.5 Å². The Hall–Kier alpha value is 0.330. The van der Waals surface area contributed by atoms with E-state index in [1.807, 2.05) is 0 Å². The van der Waals surface area contributed by atoms with Gasteiger partial charge in [0.2, 0.25) is 0 Å². The predicted molar refractivity (Wildman–Crippen MR) is 93.5 cm³/mol. The Kier molecular flexibility index (Phi) is 6.12. The topological polar surface area (TPSA) is 69.6 Å². The smallest absolute Gasteiger partial charge is 0.301 e. The highest BCUT2D eigenvalue weighted by atomic mass is 79.9. The molecule has 0 aliphatic carbocycles. The van der Waals surface area contributed by atoms with E-state index in [2.05, 4.69) is 52.5 Å². The summed E-state index contributed by atoms with van der Waals surface area (Å²) in [5, 5.41) is 9.22. The number of anilines is 1. The zero-order valence-electron chi connectivity index (χ0n) is 11.0. The quantitative estimate of drug-likeness (QED) is 0.658. The molecule has 5 nitrogen and oxygen atoms in total. The lowest BCUT2D eigenvalue weighted by Gasteiger charge is -2.31. The lowest BCUT2D eigenvalue weighted by atomic mass is 10.0. The number of piperidine rings is 1. The Labute approximate surface area is 149 Å². The molecule has 0 amide bonds. The van der Waals surface area contributed by atoms with Crippen molar-refractivity contribution in [1.29, 1.82) is 0 Å². The van der Waals surface area contributed by atoms with Gasteiger partial charge in [0, 0.05) is 33.1 Å². The lowest BCUT2D eigenvalue weighted by molar-refractivity contribution is 0.166. The highest BCUT2D eigenvalue weighted by molar-refractivity contribution is 9.11. The first-order valence-electron chi connectivity index (χ1n) is 6.37. The van der Waals surface area contributed by atoms with Gasteiger partial charge in [-0.05, 0) is 62.8 Å². The normalized spacial score (nSPS) is 20.5. The molecule has 1 saturated heterocycles. The Bertz CT molecular complexity index is 601. The summed E-state index contributed by atoms with van der Waals surface area (Å²) < 4.78 is 31.1. The van der Waals surface area contributed by atoms with Crippen LogP contribution in [-0.2, 0) is 10.2 Å². The molecule has 0 aromatic heterocycles. The molecule has 1 atom stereocenters. The van der Waals surface area contributed by atoms with Crippen molar-refractivity contribution in [3.8, 4) is 0 Å². The second kappa shape index (κ2) is 7.27. The molecule has 9 heteroatoms. The number of aliphatic hydroxyl groups excluding tert-OH is 1. The molecule has 1 fully saturated rings. The summed E-state index contributed by atoms with van der Waals surface area (Å²) in [6, 6.07) is 3.55. The van der Waals surface area contributed by atoms with Crippen molar-refractivity contribution in [2.75, 3.05) is 24.4 Å². The zero-order valence-corrected chi connectivity index (χ0v) is 16.6. The van der Waals surface area contributed by atoms with Gasteiger partial charge in [0.25, 0.3) is 0 Å². The zero-order chi connectivity index (χ0) is 15.6. The molecule has 118 valence electrons. The van der Waals surface area contributed by atoms with Crippen molar-refractivity contribution in [1.82, 2.24) is 4.31 Å². The van der Waals surface area contributed by atoms with E-state index in [0.29, 0.717) is 27.7 Å². The van der Waals surface area contributed by atoms with E-state index >= 15 is 0 Å². The van der Waals surface area contributed by atoms with E-state index in [4.69, 9.17) is 0 Å². The third kappa shape index (κ3) is 4.42. The molecule has 1 unspecified atom stereocenters. The molecule has 1 aromatic carbocycles. The molecule has 0 bridgehead atoms. The van der Waals surface area contributed by atoms with Crippen LogP contribution in [0.1, 0.15) is 12.8 Å². The average Bonchev–Trinajstić information content (AvgIpc) is 2.43. The number of aliphatic hydroxyl groups is 1. The van der Waals surface area contributed by atoms with E-state index < -0.39 is 10.2 Å². The molecular formula is C12H15Br3N2O3S. The van der Waals surface area contributed by atoms with Crippen LogP contribution in [0.2, 0.25) is 0 Å². The van der Waals surface area contributed by atoms with Gasteiger partial charge in [-0.15, -0.1) is 0 Å². The van der Waals surface area contributed by atoms with Crippen LogP contribution in [0.25, 0.3) is 0 Å². The first kappa shape index (κ1) is 17.7. The van der Waals surface area contributed by atoms with Gasteiger partial charge in [-0.25, -0.2) is 0 Å². The summed E-state index contributed by atoms with van der Waals surface area (Å²) in [7, 11) is -3.64. The summed E-state index contributed by atoms with van der Waals surface area (Å²) in [4.78, 5) is 0. The standard InChI is InChI=1S/C12H15Br3N2O3S/c13-9-4-10(14)12(11(15)5-9)16-21(19,20)17-3-1-2-8(6-17)7-18/h4-5,8,16,18H,1-3,6-7H2. The van der Waals surface area contributed by atoms with Crippen molar-refractivity contribution in [2.45, 2.75) is 12.8 Å². The third-order valence-electron chi connectivity index (χ3n) is 3.32. The summed E-state index contributed by atoms with van der Waals surface area (Å²) in [5.74, 6) is 0.00660. The summed E-state index contributed by atoms with van der Waals surface area (Å²) in [6.45, 7) is 0.826. The first-order chi connectivity index (χ1) is 9.83. The second-order valence-corrected chi connectivity index (χ2v) is 9.20. The van der Waals surface area contributed by atoms with Gasteiger partial charge in [0.15, 0.2) is 0 Å².